The molecule has 3 nitrogen and oxygen atoms in total. The van der Waals surface area contributed by atoms with E-state index in [1.165, 1.54) is 6.92 Å². The van der Waals surface area contributed by atoms with Crippen LogP contribution < -0.4 is 5.32 Å². The molecule has 2 aromatic rings. The molecule has 1 aromatic carbocycles. The lowest BCUT2D eigenvalue weighted by molar-refractivity contribution is -0.118. The zero-order valence-corrected chi connectivity index (χ0v) is 8.62. The molecule has 1 heterocycles. The van der Waals surface area contributed by atoms with Gasteiger partial charge in [0.05, 0.1) is 0 Å². The highest BCUT2D eigenvalue weighted by Crippen LogP contribution is 2.18. The molecule has 2 rings (SSSR count). The molecule has 1 N–H and O–H groups in total. The second-order valence-electron chi connectivity index (χ2n) is 3.48. The summed E-state index contributed by atoms with van der Waals surface area (Å²) in [6.07, 6.45) is 0.730. The molecular formula is C12H13NO2. The van der Waals surface area contributed by atoms with Gasteiger partial charge in [-0.25, -0.2) is 0 Å². The first-order chi connectivity index (χ1) is 7.25. The van der Waals surface area contributed by atoms with Crippen molar-refractivity contribution in [2.45, 2.75) is 13.3 Å². The number of furan rings is 1. The Labute approximate surface area is 88.1 Å². The summed E-state index contributed by atoms with van der Waals surface area (Å²) in [7, 11) is 0. The number of carbonyl (C=O) groups excluding carboxylic acids is 1. The zero-order chi connectivity index (χ0) is 10.7. The maximum atomic E-state index is 10.7. The van der Waals surface area contributed by atoms with Crippen molar-refractivity contribution in [1.82, 2.24) is 5.32 Å². The first kappa shape index (κ1) is 9.77. The molecule has 0 saturated carbocycles. The fraction of sp³-hybridized carbons (Fsp3) is 0.250. The number of nitrogens with one attached hydrogen (secondary N) is 1. The topological polar surface area (TPSA) is 42.2 Å². The molecule has 0 atom stereocenters. The Balaban J connectivity index is 2.05. The highest BCUT2D eigenvalue weighted by atomic mass is 16.3. The van der Waals surface area contributed by atoms with E-state index in [-0.39, 0.29) is 5.91 Å². The molecule has 1 aromatic heterocycles. The normalized spacial score (nSPS) is 10.5. The predicted molar refractivity (Wildman–Crippen MR) is 58.6 cm³/mol. The monoisotopic (exact) mass is 203 g/mol. The van der Waals surface area contributed by atoms with Crippen molar-refractivity contribution in [3.63, 3.8) is 0 Å². The lowest BCUT2D eigenvalue weighted by Gasteiger charge is -1.97. The first-order valence-electron chi connectivity index (χ1n) is 4.97. The van der Waals surface area contributed by atoms with E-state index >= 15 is 0 Å². The number of fused-ring (bicyclic) bond motifs is 1. The molecule has 0 radical (unpaired) electrons. The molecule has 0 unspecified atom stereocenters. The van der Waals surface area contributed by atoms with Crippen LogP contribution in [-0.4, -0.2) is 12.5 Å². The van der Waals surface area contributed by atoms with E-state index in [0.29, 0.717) is 6.54 Å². The van der Waals surface area contributed by atoms with Crippen molar-refractivity contribution in [2.24, 2.45) is 0 Å². The van der Waals surface area contributed by atoms with E-state index in [1.54, 1.807) is 0 Å². The molecule has 0 aliphatic carbocycles. The minimum absolute atomic E-state index is 0.00823. The Morgan fingerprint density at radius 3 is 2.93 bits per heavy atom. The Morgan fingerprint density at radius 1 is 1.40 bits per heavy atom. The minimum atomic E-state index is -0.00823. The van der Waals surface area contributed by atoms with Crippen molar-refractivity contribution in [3.05, 3.63) is 36.1 Å². The van der Waals surface area contributed by atoms with Crippen LogP contribution in [0.3, 0.4) is 0 Å². The van der Waals surface area contributed by atoms with Gasteiger partial charge in [-0.3, -0.25) is 4.79 Å². The van der Waals surface area contributed by atoms with Crippen LogP contribution in [0, 0.1) is 0 Å². The average molecular weight is 203 g/mol. The van der Waals surface area contributed by atoms with Crippen LogP contribution in [0.2, 0.25) is 0 Å². The predicted octanol–water partition coefficient (Wildman–Crippen LogP) is 2.11. The molecule has 0 fully saturated rings. The van der Waals surface area contributed by atoms with E-state index in [2.05, 4.69) is 5.32 Å². The third-order valence-electron chi connectivity index (χ3n) is 2.22. The SMILES string of the molecule is CC(=O)NCCc1cc2ccccc2o1. The third kappa shape index (κ3) is 2.37. The van der Waals surface area contributed by atoms with Gasteiger partial charge >= 0.3 is 0 Å². The summed E-state index contributed by atoms with van der Waals surface area (Å²) in [5.74, 6) is 0.899. The van der Waals surface area contributed by atoms with Gasteiger partial charge in [0.2, 0.25) is 5.91 Å². The lowest BCUT2D eigenvalue weighted by Crippen LogP contribution is -2.22. The van der Waals surface area contributed by atoms with E-state index < -0.39 is 0 Å². The molecule has 15 heavy (non-hydrogen) atoms. The third-order valence-corrected chi connectivity index (χ3v) is 2.22. The second-order valence-corrected chi connectivity index (χ2v) is 3.48. The summed E-state index contributed by atoms with van der Waals surface area (Å²) in [6.45, 7) is 2.13. The van der Waals surface area contributed by atoms with Crippen molar-refractivity contribution < 1.29 is 9.21 Å². The molecule has 0 spiro atoms. The highest BCUT2D eigenvalue weighted by Gasteiger charge is 2.02. The molecule has 0 aliphatic heterocycles. The number of hydrogen-bond acceptors (Lipinski definition) is 2. The van der Waals surface area contributed by atoms with Crippen molar-refractivity contribution in [2.75, 3.05) is 6.54 Å². The number of hydrogen-bond donors (Lipinski definition) is 1. The number of carbonyl (C=O) groups is 1. The van der Waals surface area contributed by atoms with Gasteiger partial charge in [0.15, 0.2) is 0 Å². The Morgan fingerprint density at radius 2 is 2.20 bits per heavy atom. The van der Waals surface area contributed by atoms with Gasteiger partial charge in [0.25, 0.3) is 0 Å². The fourth-order valence-electron chi connectivity index (χ4n) is 1.52. The van der Waals surface area contributed by atoms with E-state index in [4.69, 9.17) is 4.42 Å². The van der Waals surface area contributed by atoms with Crippen LogP contribution in [0.1, 0.15) is 12.7 Å². The summed E-state index contributed by atoms with van der Waals surface area (Å²) in [5, 5.41) is 3.85. The lowest BCUT2D eigenvalue weighted by atomic mass is 10.2. The molecule has 0 bridgehead atoms. The van der Waals surface area contributed by atoms with Gasteiger partial charge in [0.1, 0.15) is 11.3 Å². The summed E-state index contributed by atoms with van der Waals surface area (Å²) in [6, 6.07) is 9.90. The molecule has 78 valence electrons. The Bertz CT molecular complexity index is 440. The van der Waals surface area contributed by atoms with Gasteiger partial charge in [0, 0.05) is 25.3 Å². The van der Waals surface area contributed by atoms with Crippen LogP contribution >= 0.6 is 0 Å². The summed E-state index contributed by atoms with van der Waals surface area (Å²) in [5.41, 5.74) is 0.898. The maximum Gasteiger partial charge on any atom is 0.216 e. The largest absolute Gasteiger partial charge is 0.461 e. The van der Waals surface area contributed by atoms with Crippen LogP contribution in [0.25, 0.3) is 11.0 Å². The minimum Gasteiger partial charge on any atom is -0.461 e. The van der Waals surface area contributed by atoms with Gasteiger partial charge in [-0.2, -0.15) is 0 Å². The molecule has 1 amide bonds. The van der Waals surface area contributed by atoms with Gasteiger partial charge in [-0.1, -0.05) is 18.2 Å². The van der Waals surface area contributed by atoms with Crippen LogP contribution in [-0.2, 0) is 11.2 Å². The van der Waals surface area contributed by atoms with Crippen molar-refractivity contribution in [3.8, 4) is 0 Å². The van der Waals surface area contributed by atoms with Crippen LogP contribution in [0.5, 0.6) is 0 Å². The first-order valence-corrected chi connectivity index (χ1v) is 4.97. The quantitative estimate of drug-likeness (QED) is 0.830. The van der Waals surface area contributed by atoms with E-state index in [9.17, 15) is 4.79 Å². The fourth-order valence-corrected chi connectivity index (χ4v) is 1.52. The van der Waals surface area contributed by atoms with Gasteiger partial charge in [-0.05, 0) is 12.1 Å². The summed E-state index contributed by atoms with van der Waals surface area (Å²) in [4.78, 5) is 10.7. The Kier molecular flexibility index (Phi) is 2.72. The van der Waals surface area contributed by atoms with Crippen molar-refractivity contribution in [1.29, 1.82) is 0 Å². The average Bonchev–Trinajstić information content (AvgIpc) is 2.59. The summed E-state index contributed by atoms with van der Waals surface area (Å²) >= 11 is 0. The number of benzene rings is 1. The van der Waals surface area contributed by atoms with Crippen LogP contribution in [0.15, 0.2) is 34.7 Å². The molecule has 3 heteroatoms. The van der Waals surface area contributed by atoms with Crippen LogP contribution in [0.4, 0.5) is 0 Å². The molecule has 0 saturated heterocycles. The molecule has 0 aliphatic rings. The number of amides is 1. The zero-order valence-electron chi connectivity index (χ0n) is 8.62. The van der Waals surface area contributed by atoms with E-state index in [0.717, 1.165) is 23.2 Å². The molecular weight excluding hydrogens is 190 g/mol. The number of para-hydroxylation sites is 1. The second kappa shape index (κ2) is 4.17. The number of rotatable bonds is 3. The summed E-state index contributed by atoms with van der Waals surface area (Å²) < 4.78 is 5.60. The maximum absolute atomic E-state index is 10.7. The van der Waals surface area contributed by atoms with Gasteiger partial charge in [-0.15, -0.1) is 0 Å². The standard InChI is InChI=1S/C12H13NO2/c1-9(14)13-7-6-11-8-10-4-2-3-5-12(10)15-11/h2-5,8H,6-7H2,1H3,(H,13,14). The highest BCUT2D eigenvalue weighted by molar-refractivity contribution is 5.77. The smallest absolute Gasteiger partial charge is 0.216 e. The van der Waals surface area contributed by atoms with Crippen molar-refractivity contribution >= 4 is 16.9 Å². The van der Waals surface area contributed by atoms with E-state index in [1.807, 2.05) is 30.3 Å². The Hall–Kier alpha value is -1.77. The van der Waals surface area contributed by atoms with Gasteiger partial charge < -0.3 is 9.73 Å².